The highest BCUT2D eigenvalue weighted by Gasteiger charge is 2.21. The standard InChI is InChI=1S/C16H20Cl2N4/c1-12-13(16(18)20(2)19-12)11-21-7-9-22(10-8-21)15-6-4-3-5-14(15)17/h3-6H,7-11H2,1-2H3. The lowest BCUT2D eigenvalue weighted by atomic mass is 10.2. The zero-order valence-electron chi connectivity index (χ0n) is 12.9. The van der Waals surface area contributed by atoms with Crippen molar-refractivity contribution in [2.24, 2.45) is 7.05 Å². The third kappa shape index (κ3) is 3.09. The van der Waals surface area contributed by atoms with Gasteiger partial charge in [0, 0.05) is 45.3 Å². The first-order valence-electron chi connectivity index (χ1n) is 7.46. The maximum absolute atomic E-state index is 6.32. The van der Waals surface area contributed by atoms with E-state index in [4.69, 9.17) is 23.2 Å². The summed E-state index contributed by atoms with van der Waals surface area (Å²) in [5.74, 6) is 0. The first-order chi connectivity index (χ1) is 10.6. The van der Waals surface area contributed by atoms with Crippen LogP contribution in [0.1, 0.15) is 11.3 Å². The summed E-state index contributed by atoms with van der Waals surface area (Å²) < 4.78 is 1.74. The molecule has 2 aromatic rings. The van der Waals surface area contributed by atoms with Gasteiger partial charge in [0.1, 0.15) is 5.15 Å². The molecular formula is C16H20Cl2N4. The number of anilines is 1. The van der Waals surface area contributed by atoms with Crippen LogP contribution in [0.2, 0.25) is 10.2 Å². The van der Waals surface area contributed by atoms with Crippen molar-refractivity contribution >= 4 is 28.9 Å². The van der Waals surface area contributed by atoms with Gasteiger partial charge in [-0.15, -0.1) is 0 Å². The monoisotopic (exact) mass is 338 g/mol. The van der Waals surface area contributed by atoms with E-state index in [0.717, 1.165) is 59.8 Å². The van der Waals surface area contributed by atoms with E-state index in [9.17, 15) is 0 Å². The van der Waals surface area contributed by atoms with E-state index in [1.165, 1.54) is 0 Å². The Morgan fingerprint density at radius 3 is 2.36 bits per heavy atom. The van der Waals surface area contributed by atoms with Gasteiger partial charge in [0.15, 0.2) is 0 Å². The molecule has 1 aromatic carbocycles. The number of rotatable bonds is 3. The van der Waals surface area contributed by atoms with Crippen LogP contribution in [0, 0.1) is 6.92 Å². The average molecular weight is 339 g/mol. The van der Waals surface area contributed by atoms with E-state index in [1.54, 1.807) is 4.68 Å². The summed E-state index contributed by atoms with van der Waals surface area (Å²) in [5.41, 5.74) is 3.27. The lowest BCUT2D eigenvalue weighted by Crippen LogP contribution is -2.46. The van der Waals surface area contributed by atoms with Crippen LogP contribution in [0.5, 0.6) is 0 Å². The normalized spacial score (nSPS) is 16.3. The van der Waals surface area contributed by atoms with Crippen molar-refractivity contribution in [1.29, 1.82) is 0 Å². The van der Waals surface area contributed by atoms with Gasteiger partial charge in [-0.2, -0.15) is 5.10 Å². The molecule has 0 bridgehead atoms. The summed E-state index contributed by atoms with van der Waals surface area (Å²) in [4.78, 5) is 4.76. The van der Waals surface area contributed by atoms with Crippen molar-refractivity contribution in [2.75, 3.05) is 31.1 Å². The van der Waals surface area contributed by atoms with Gasteiger partial charge in [0.05, 0.1) is 16.4 Å². The molecule has 1 fully saturated rings. The van der Waals surface area contributed by atoms with E-state index in [1.807, 2.05) is 32.2 Å². The average Bonchev–Trinajstić information content (AvgIpc) is 2.75. The minimum absolute atomic E-state index is 0.742. The summed E-state index contributed by atoms with van der Waals surface area (Å²) in [7, 11) is 1.88. The molecule has 0 radical (unpaired) electrons. The Hall–Kier alpha value is -1.23. The first kappa shape index (κ1) is 15.7. The van der Waals surface area contributed by atoms with Crippen LogP contribution in [0.25, 0.3) is 0 Å². The SMILES string of the molecule is Cc1nn(C)c(Cl)c1CN1CCN(c2ccccc2Cl)CC1. The fourth-order valence-corrected chi connectivity index (χ4v) is 3.42. The second-order valence-electron chi connectivity index (χ2n) is 5.69. The Labute approximate surface area is 141 Å². The van der Waals surface area contributed by atoms with Crippen molar-refractivity contribution in [1.82, 2.24) is 14.7 Å². The van der Waals surface area contributed by atoms with Crippen LogP contribution in [-0.2, 0) is 13.6 Å². The summed E-state index contributed by atoms with van der Waals surface area (Å²) in [5, 5.41) is 5.94. The highest BCUT2D eigenvalue weighted by atomic mass is 35.5. The molecule has 3 rings (SSSR count). The predicted octanol–water partition coefficient (Wildman–Crippen LogP) is 3.36. The van der Waals surface area contributed by atoms with Crippen LogP contribution in [0.3, 0.4) is 0 Å². The van der Waals surface area contributed by atoms with E-state index in [-0.39, 0.29) is 0 Å². The predicted molar refractivity (Wildman–Crippen MR) is 91.9 cm³/mol. The number of aryl methyl sites for hydroxylation is 2. The molecule has 0 spiro atoms. The first-order valence-corrected chi connectivity index (χ1v) is 8.21. The highest BCUT2D eigenvalue weighted by molar-refractivity contribution is 6.33. The molecule has 0 aliphatic carbocycles. The molecular weight excluding hydrogens is 319 g/mol. The van der Waals surface area contributed by atoms with Crippen molar-refractivity contribution in [3.05, 3.63) is 45.7 Å². The van der Waals surface area contributed by atoms with Gasteiger partial charge < -0.3 is 4.90 Å². The Morgan fingerprint density at radius 1 is 1.09 bits per heavy atom. The fraction of sp³-hybridized carbons (Fsp3) is 0.438. The molecule has 0 saturated carbocycles. The number of hydrogen-bond donors (Lipinski definition) is 0. The number of piperazine rings is 1. The van der Waals surface area contributed by atoms with E-state index < -0.39 is 0 Å². The zero-order chi connectivity index (χ0) is 15.7. The Morgan fingerprint density at radius 2 is 1.77 bits per heavy atom. The van der Waals surface area contributed by atoms with Gasteiger partial charge in [-0.25, -0.2) is 0 Å². The topological polar surface area (TPSA) is 24.3 Å². The highest BCUT2D eigenvalue weighted by Crippen LogP contribution is 2.27. The largest absolute Gasteiger partial charge is 0.368 e. The Balaban J connectivity index is 1.64. The van der Waals surface area contributed by atoms with Crippen LogP contribution in [0.4, 0.5) is 5.69 Å². The molecule has 1 aliphatic rings. The van der Waals surface area contributed by atoms with Gasteiger partial charge >= 0.3 is 0 Å². The number of halogens is 2. The lowest BCUT2D eigenvalue weighted by Gasteiger charge is -2.36. The summed E-state index contributed by atoms with van der Waals surface area (Å²) in [6, 6.07) is 8.03. The quantitative estimate of drug-likeness (QED) is 0.857. The summed E-state index contributed by atoms with van der Waals surface area (Å²) in [6.45, 7) is 6.81. The summed E-state index contributed by atoms with van der Waals surface area (Å²) >= 11 is 12.6. The summed E-state index contributed by atoms with van der Waals surface area (Å²) in [6.07, 6.45) is 0. The molecule has 118 valence electrons. The van der Waals surface area contributed by atoms with Crippen molar-refractivity contribution in [3.63, 3.8) is 0 Å². The Kier molecular flexibility index (Phi) is 4.62. The third-order valence-electron chi connectivity index (χ3n) is 4.22. The number of nitrogens with zero attached hydrogens (tertiary/aromatic N) is 4. The molecule has 1 aliphatic heterocycles. The second kappa shape index (κ2) is 6.49. The molecule has 0 amide bonds. The van der Waals surface area contributed by atoms with Crippen LogP contribution >= 0.6 is 23.2 Å². The smallest absolute Gasteiger partial charge is 0.131 e. The molecule has 0 N–H and O–H groups in total. The van der Waals surface area contributed by atoms with Gasteiger partial charge in [0.25, 0.3) is 0 Å². The maximum atomic E-state index is 6.32. The number of para-hydroxylation sites is 1. The Bertz CT molecular complexity index is 660. The van der Waals surface area contributed by atoms with Crippen LogP contribution in [-0.4, -0.2) is 40.9 Å². The van der Waals surface area contributed by atoms with E-state index in [0.29, 0.717) is 0 Å². The van der Waals surface area contributed by atoms with E-state index in [2.05, 4.69) is 21.0 Å². The number of hydrogen-bond acceptors (Lipinski definition) is 3. The molecule has 1 aromatic heterocycles. The molecule has 1 saturated heterocycles. The molecule has 4 nitrogen and oxygen atoms in total. The lowest BCUT2D eigenvalue weighted by molar-refractivity contribution is 0.249. The van der Waals surface area contributed by atoms with Gasteiger partial charge in [0.2, 0.25) is 0 Å². The number of aromatic nitrogens is 2. The van der Waals surface area contributed by atoms with E-state index >= 15 is 0 Å². The minimum atomic E-state index is 0.742. The van der Waals surface area contributed by atoms with Gasteiger partial charge in [-0.1, -0.05) is 35.3 Å². The van der Waals surface area contributed by atoms with Gasteiger partial charge in [-0.05, 0) is 19.1 Å². The zero-order valence-corrected chi connectivity index (χ0v) is 14.4. The van der Waals surface area contributed by atoms with Crippen LogP contribution < -0.4 is 4.90 Å². The van der Waals surface area contributed by atoms with Gasteiger partial charge in [-0.3, -0.25) is 9.58 Å². The fourth-order valence-electron chi connectivity index (χ4n) is 2.93. The van der Waals surface area contributed by atoms with Crippen molar-refractivity contribution in [3.8, 4) is 0 Å². The minimum Gasteiger partial charge on any atom is -0.368 e. The molecule has 0 unspecified atom stereocenters. The molecule has 2 heterocycles. The van der Waals surface area contributed by atoms with Crippen LogP contribution in [0.15, 0.2) is 24.3 Å². The molecule has 22 heavy (non-hydrogen) atoms. The molecule has 0 atom stereocenters. The van der Waals surface area contributed by atoms with Crippen molar-refractivity contribution < 1.29 is 0 Å². The maximum Gasteiger partial charge on any atom is 0.131 e. The number of benzene rings is 1. The second-order valence-corrected chi connectivity index (χ2v) is 6.46. The molecule has 6 heteroatoms. The third-order valence-corrected chi connectivity index (χ3v) is 5.01. The van der Waals surface area contributed by atoms with Crippen molar-refractivity contribution in [2.45, 2.75) is 13.5 Å².